The topological polar surface area (TPSA) is 38.0 Å². The van der Waals surface area contributed by atoms with E-state index in [0.29, 0.717) is 6.61 Å². The van der Waals surface area contributed by atoms with E-state index in [4.69, 9.17) is 4.74 Å². The van der Waals surface area contributed by atoms with Crippen molar-refractivity contribution in [1.29, 1.82) is 0 Å². The van der Waals surface area contributed by atoms with E-state index in [0.717, 1.165) is 30.0 Å². The van der Waals surface area contributed by atoms with Gasteiger partial charge in [0, 0.05) is 39.3 Å². The second-order valence-corrected chi connectivity index (χ2v) is 6.41. The summed E-state index contributed by atoms with van der Waals surface area (Å²) >= 11 is 0. The number of hydrogen-bond acceptors (Lipinski definition) is 1. The maximum atomic E-state index is 10.9. The monoisotopic (exact) mass is 412 g/mol. The van der Waals surface area contributed by atoms with Crippen molar-refractivity contribution in [3.63, 3.8) is 0 Å². The molecule has 1 aliphatic rings. The quantitative estimate of drug-likeness (QED) is 0.760. The molecule has 5 heteroatoms. The summed E-state index contributed by atoms with van der Waals surface area (Å²) in [6, 6.07) is 12.4. The van der Waals surface area contributed by atoms with Gasteiger partial charge in [-0.1, -0.05) is 42.0 Å². The van der Waals surface area contributed by atoms with Crippen LogP contribution in [-0.4, -0.2) is 26.2 Å². The SMILES string of the molecule is COCc1ccccc1N1CCN(c2c(C)cc(C)cc2C)C1=[N-].[Zr]. The molecule has 1 fully saturated rings. The molecule has 0 saturated carbocycles. The Bertz CT molecular complexity index is 752. The number of hydrogen-bond donors (Lipinski definition) is 0. The fourth-order valence-corrected chi connectivity index (χ4v) is 3.64. The van der Waals surface area contributed by atoms with Crippen molar-refractivity contribution >= 4 is 17.3 Å². The van der Waals surface area contributed by atoms with Gasteiger partial charge in [-0.25, -0.2) is 0 Å². The molecular weight excluding hydrogens is 389 g/mol. The predicted octanol–water partition coefficient (Wildman–Crippen LogP) is 4.01. The minimum Gasteiger partial charge on any atom is -0.397 e. The Kier molecular flexibility index (Phi) is 6.59. The molecule has 0 bridgehead atoms. The predicted molar refractivity (Wildman–Crippen MR) is 101 cm³/mol. The fraction of sp³-hybridized carbons (Fsp3) is 0.350. The van der Waals surface area contributed by atoms with Crippen LogP contribution >= 0.6 is 0 Å². The van der Waals surface area contributed by atoms with Crippen molar-refractivity contribution in [2.24, 2.45) is 0 Å². The van der Waals surface area contributed by atoms with Gasteiger partial charge in [-0.2, -0.15) is 0 Å². The van der Waals surface area contributed by atoms with Crippen molar-refractivity contribution in [2.45, 2.75) is 27.4 Å². The zero-order chi connectivity index (χ0) is 17.3. The molecule has 2 aromatic carbocycles. The molecule has 1 saturated heterocycles. The number of para-hydroxylation sites is 1. The molecule has 1 heterocycles. The Morgan fingerprint density at radius 1 is 1.00 bits per heavy atom. The first kappa shape index (κ1) is 19.9. The van der Waals surface area contributed by atoms with Gasteiger partial charge < -0.3 is 19.9 Å². The second kappa shape index (κ2) is 8.29. The Morgan fingerprint density at radius 3 is 2.24 bits per heavy atom. The molecule has 3 rings (SSSR count). The van der Waals surface area contributed by atoms with Crippen molar-refractivity contribution in [3.05, 3.63) is 64.1 Å². The Labute approximate surface area is 169 Å². The molecule has 4 nitrogen and oxygen atoms in total. The molecule has 1 aliphatic heterocycles. The molecule has 0 radical (unpaired) electrons. The maximum Gasteiger partial charge on any atom is 0.0720 e. The van der Waals surface area contributed by atoms with Gasteiger partial charge in [-0.3, -0.25) is 0 Å². The standard InChI is InChI=1S/C20H24N3O.Zr/c1-14-11-15(2)19(16(3)12-14)23-10-9-22(20(23)21)18-8-6-5-7-17(18)13-24-4;/h5-8,11-12H,9-10,13H2,1-4H3;/q-1;. The third kappa shape index (κ3) is 3.88. The summed E-state index contributed by atoms with van der Waals surface area (Å²) in [5.74, 6) is 0.286. The van der Waals surface area contributed by atoms with Crippen LogP contribution in [-0.2, 0) is 37.5 Å². The third-order valence-corrected chi connectivity index (χ3v) is 4.52. The van der Waals surface area contributed by atoms with Crippen LogP contribution < -0.4 is 9.80 Å². The summed E-state index contributed by atoms with van der Waals surface area (Å²) in [5.41, 5.74) is 6.80. The molecule has 0 aromatic heterocycles. The van der Waals surface area contributed by atoms with Crippen molar-refractivity contribution in [1.82, 2.24) is 0 Å². The number of benzene rings is 2. The molecule has 0 N–H and O–H groups in total. The Hall–Kier alpha value is -1.45. The summed E-state index contributed by atoms with van der Waals surface area (Å²) in [6.45, 7) is 8.35. The average Bonchev–Trinajstić information content (AvgIpc) is 2.89. The van der Waals surface area contributed by atoms with E-state index < -0.39 is 0 Å². The molecule has 0 atom stereocenters. The van der Waals surface area contributed by atoms with E-state index in [1.165, 1.54) is 16.7 Å². The van der Waals surface area contributed by atoms with Crippen LogP contribution in [0.2, 0.25) is 0 Å². The third-order valence-electron chi connectivity index (χ3n) is 4.52. The molecule has 0 aliphatic carbocycles. The van der Waals surface area contributed by atoms with Crippen LogP contribution in [0.4, 0.5) is 11.4 Å². The van der Waals surface area contributed by atoms with Crippen LogP contribution in [0.1, 0.15) is 22.3 Å². The second-order valence-electron chi connectivity index (χ2n) is 6.41. The maximum absolute atomic E-state index is 10.9. The normalized spacial score (nSPS) is 14.0. The van der Waals surface area contributed by atoms with Gasteiger partial charge in [0.25, 0.3) is 0 Å². The van der Waals surface area contributed by atoms with Gasteiger partial charge in [0.05, 0.1) is 6.61 Å². The smallest absolute Gasteiger partial charge is 0.0720 e. The molecule has 0 spiro atoms. The number of anilines is 2. The van der Waals surface area contributed by atoms with Gasteiger partial charge >= 0.3 is 0 Å². The minimum absolute atomic E-state index is 0. The first-order valence-electron chi connectivity index (χ1n) is 8.28. The van der Waals surface area contributed by atoms with E-state index in [1.807, 2.05) is 34.1 Å². The first-order valence-corrected chi connectivity index (χ1v) is 8.28. The summed E-state index contributed by atoms with van der Waals surface area (Å²) in [5, 5.41) is 10.9. The van der Waals surface area contributed by atoms with Crippen molar-refractivity contribution in [2.75, 3.05) is 30.0 Å². The number of rotatable bonds is 4. The van der Waals surface area contributed by atoms with E-state index in [1.54, 1.807) is 7.11 Å². The van der Waals surface area contributed by atoms with Gasteiger partial charge in [0.1, 0.15) is 0 Å². The van der Waals surface area contributed by atoms with Crippen LogP contribution in [0.5, 0.6) is 0 Å². The van der Waals surface area contributed by atoms with Gasteiger partial charge in [0.15, 0.2) is 0 Å². The molecule has 25 heavy (non-hydrogen) atoms. The Balaban J connectivity index is 0.00000225. The fourth-order valence-electron chi connectivity index (χ4n) is 3.64. The van der Waals surface area contributed by atoms with Crippen LogP contribution in [0.25, 0.3) is 5.41 Å². The summed E-state index contributed by atoms with van der Waals surface area (Å²) in [6.07, 6.45) is 0. The number of ether oxygens (including phenoxy) is 1. The van der Waals surface area contributed by atoms with Crippen molar-refractivity contribution in [3.8, 4) is 0 Å². The molecular formula is C20H24N3OZr-. The molecule has 0 amide bonds. The van der Waals surface area contributed by atoms with Gasteiger partial charge in [-0.15, -0.1) is 0 Å². The number of guanidine groups is 1. The van der Waals surface area contributed by atoms with E-state index in [-0.39, 0.29) is 32.2 Å². The number of aryl methyl sites for hydroxylation is 3. The van der Waals surface area contributed by atoms with E-state index in [2.05, 4.69) is 32.9 Å². The van der Waals surface area contributed by atoms with Crippen LogP contribution in [0.15, 0.2) is 36.4 Å². The minimum atomic E-state index is 0. The van der Waals surface area contributed by atoms with Crippen LogP contribution in [0.3, 0.4) is 0 Å². The number of nitrogens with zero attached hydrogens (tertiary/aromatic N) is 3. The average molecular weight is 414 g/mol. The van der Waals surface area contributed by atoms with Gasteiger partial charge in [-0.05, 0) is 61.9 Å². The molecule has 130 valence electrons. The summed E-state index contributed by atoms with van der Waals surface area (Å²) in [7, 11) is 1.69. The zero-order valence-corrected chi connectivity index (χ0v) is 17.8. The van der Waals surface area contributed by atoms with Gasteiger partial charge in [0.2, 0.25) is 0 Å². The zero-order valence-electron chi connectivity index (χ0n) is 15.3. The first-order chi connectivity index (χ1) is 11.5. The number of methoxy groups -OCH3 is 1. The van der Waals surface area contributed by atoms with E-state index in [9.17, 15) is 5.41 Å². The van der Waals surface area contributed by atoms with E-state index >= 15 is 0 Å². The Morgan fingerprint density at radius 2 is 1.60 bits per heavy atom. The largest absolute Gasteiger partial charge is 0.397 e. The van der Waals surface area contributed by atoms with Crippen LogP contribution in [0, 0.1) is 20.8 Å². The summed E-state index contributed by atoms with van der Waals surface area (Å²) in [4.78, 5) is 3.97. The van der Waals surface area contributed by atoms with Crippen molar-refractivity contribution < 1.29 is 30.9 Å². The molecule has 2 aromatic rings. The molecule has 0 unspecified atom stereocenters. The summed E-state index contributed by atoms with van der Waals surface area (Å²) < 4.78 is 5.30.